The number of nitrogens with zero attached hydrogens (tertiary/aromatic N) is 1. The molecule has 1 aliphatic heterocycles. The highest BCUT2D eigenvalue weighted by molar-refractivity contribution is 5.95. The number of amides is 1. The van der Waals surface area contributed by atoms with E-state index >= 15 is 0 Å². The maximum absolute atomic E-state index is 13.4. The van der Waals surface area contributed by atoms with Crippen LogP contribution in [-0.4, -0.2) is 23.9 Å². The third kappa shape index (κ3) is 2.65. The summed E-state index contributed by atoms with van der Waals surface area (Å²) in [4.78, 5) is 14.4. The summed E-state index contributed by atoms with van der Waals surface area (Å²) in [6, 6.07) is 4.09. The number of carbonyl (C=O) groups is 1. The molecule has 1 amide bonds. The lowest BCUT2D eigenvalue weighted by Gasteiger charge is -2.41. The normalized spacial score (nSPS) is 26.1. The van der Waals surface area contributed by atoms with Crippen molar-refractivity contribution in [1.82, 2.24) is 4.90 Å². The lowest BCUT2D eigenvalue weighted by molar-refractivity contribution is 0.0520. The molecule has 2 unspecified atom stereocenters. The molecule has 2 N–H and O–H groups in total. The van der Waals surface area contributed by atoms with E-state index in [1.54, 1.807) is 6.07 Å². The van der Waals surface area contributed by atoms with Crippen molar-refractivity contribution in [2.75, 3.05) is 18.8 Å². The first-order chi connectivity index (χ1) is 9.63. The molecule has 0 spiro atoms. The molecule has 1 heterocycles. The van der Waals surface area contributed by atoms with Crippen LogP contribution in [0.1, 0.15) is 42.5 Å². The van der Waals surface area contributed by atoms with Crippen LogP contribution in [0.4, 0.5) is 10.1 Å². The van der Waals surface area contributed by atoms with E-state index in [2.05, 4.69) is 0 Å². The molecule has 2 atom stereocenters. The Labute approximate surface area is 118 Å². The molecule has 0 radical (unpaired) electrons. The second-order valence-electron chi connectivity index (χ2n) is 6.12. The highest BCUT2D eigenvalue weighted by Gasteiger charge is 2.33. The van der Waals surface area contributed by atoms with Gasteiger partial charge < -0.3 is 10.6 Å². The molecule has 0 aromatic heterocycles. The third-order valence-corrected chi connectivity index (χ3v) is 4.75. The molecule has 4 heteroatoms. The highest BCUT2D eigenvalue weighted by Crippen LogP contribution is 2.36. The van der Waals surface area contributed by atoms with Gasteiger partial charge in [0.15, 0.2) is 0 Å². The Balaban J connectivity index is 1.74. The summed E-state index contributed by atoms with van der Waals surface area (Å²) in [7, 11) is 0. The number of rotatable bonds is 1. The first-order valence-corrected chi connectivity index (χ1v) is 7.49. The summed E-state index contributed by atoms with van der Waals surface area (Å²) in [5, 5.41) is 0. The Bertz CT molecular complexity index is 497. The zero-order valence-electron chi connectivity index (χ0n) is 11.6. The van der Waals surface area contributed by atoms with Gasteiger partial charge in [-0.2, -0.15) is 0 Å². The Morgan fingerprint density at radius 1 is 1.15 bits per heavy atom. The predicted octanol–water partition coefficient (Wildman–Crippen LogP) is 3.06. The fourth-order valence-corrected chi connectivity index (χ4v) is 3.70. The molecular weight excluding hydrogens is 255 g/mol. The van der Waals surface area contributed by atoms with Crippen molar-refractivity contribution in [1.29, 1.82) is 0 Å². The van der Waals surface area contributed by atoms with E-state index in [4.69, 9.17) is 5.73 Å². The number of fused-ring (bicyclic) bond motifs is 1. The fourth-order valence-electron chi connectivity index (χ4n) is 3.70. The highest BCUT2D eigenvalue weighted by atomic mass is 19.1. The minimum absolute atomic E-state index is 0.0831. The Hall–Kier alpha value is -1.58. The van der Waals surface area contributed by atoms with Crippen LogP contribution in [0.2, 0.25) is 0 Å². The summed E-state index contributed by atoms with van der Waals surface area (Å²) >= 11 is 0. The molecule has 1 saturated heterocycles. The number of piperidine rings is 1. The standard InChI is InChI=1S/C16H21FN2O/c17-14-7-13(8-15(18)9-14)16(20)19-6-5-11-3-1-2-4-12(11)10-19/h7-9,11-12H,1-6,10,18H2. The van der Waals surface area contributed by atoms with E-state index in [9.17, 15) is 9.18 Å². The lowest BCUT2D eigenvalue weighted by atomic mass is 9.75. The maximum atomic E-state index is 13.4. The van der Waals surface area contributed by atoms with Gasteiger partial charge in [0.1, 0.15) is 5.82 Å². The topological polar surface area (TPSA) is 46.3 Å². The smallest absolute Gasteiger partial charge is 0.254 e. The molecule has 0 bridgehead atoms. The number of halogens is 1. The first-order valence-electron chi connectivity index (χ1n) is 7.49. The van der Waals surface area contributed by atoms with Gasteiger partial charge in [-0.3, -0.25) is 4.79 Å². The molecule has 1 aliphatic carbocycles. The predicted molar refractivity (Wildman–Crippen MR) is 76.8 cm³/mol. The minimum atomic E-state index is -0.444. The number of hydrogen-bond acceptors (Lipinski definition) is 2. The number of anilines is 1. The van der Waals surface area contributed by atoms with E-state index < -0.39 is 5.82 Å². The van der Waals surface area contributed by atoms with Gasteiger partial charge in [0, 0.05) is 24.3 Å². The van der Waals surface area contributed by atoms with Crippen LogP contribution in [0.25, 0.3) is 0 Å². The van der Waals surface area contributed by atoms with Crippen molar-refractivity contribution < 1.29 is 9.18 Å². The number of carbonyl (C=O) groups excluding carboxylic acids is 1. The number of nitrogens with two attached hydrogens (primary N) is 1. The molecule has 1 aromatic rings. The van der Waals surface area contributed by atoms with Gasteiger partial charge in [-0.1, -0.05) is 19.3 Å². The first kappa shape index (κ1) is 13.4. The monoisotopic (exact) mass is 276 g/mol. The quantitative estimate of drug-likeness (QED) is 0.801. The zero-order valence-corrected chi connectivity index (χ0v) is 11.6. The van der Waals surface area contributed by atoms with Gasteiger partial charge in [0.25, 0.3) is 5.91 Å². The molecule has 20 heavy (non-hydrogen) atoms. The number of likely N-dealkylation sites (tertiary alicyclic amines) is 1. The molecule has 3 nitrogen and oxygen atoms in total. The van der Waals surface area contributed by atoms with E-state index in [0.717, 1.165) is 25.4 Å². The van der Waals surface area contributed by atoms with Crippen LogP contribution in [-0.2, 0) is 0 Å². The molecule has 108 valence electrons. The summed E-state index contributed by atoms with van der Waals surface area (Å²) in [6.07, 6.45) is 6.21. The Morgan fingerprint density at radius 3 is 2.65 bits per heavy atom. The zero-order chi connectivity index (χ0) is 14.1. The summed E-state index contributed by atoms with van der Waals surface area (Å²) in [5.74, 6) is 0.888. The molecule has 2 aliphatic rings. The number of benzene rings is 1. The largest absolute Gasteiger partial charge is 0.399 e. The molecule has 3 rings (SSSR count). The average molecular weight is 276 g/mol. The third-order valence-electron chi connectivity index (χ3n) is 4.75. The Morgan fingerprint density at radius 2 is 1.90 bits per heavy atom. The van der Waals surface area contributed by atoms with Gasteiger partial charge >= 0.3 is 0 Å². The second-order valence-corrected chi connectivity index (χ2v) is 6.12. The number of hydrogen-bond donors (Lipinski definition) is 1. The maximum Gasteiger partial charge on any atom is 0.254 e. The van der Waals surface area contributed by atoms with Crippen molar-refractivity contribution in [3.05, 3.63) is 29.6 Å². The van der Waals surface area contributed by atoms with Crippen LogP contribution >= 0.6 is 0 Å². The van der Waals surface area contributed by atoms with E-state index in [0.29, 0.717) is 17.2 Å². The second kappa shape index (κ2) is 5.43. The Kier molecular flexibility index (Phi) is 3.64. The number of nitrogen functional groups attached to an aromatic ring is 1. The van der Waals surface area contributed by atoms with Crippen molar-refractivity contribution >= 4 is 11.6 Å². The SMILES string of the molecule is Nc1cc(F)cc(C(=O)N2CCC3CCCCC3C2)c1. The van der Waals surface area contributed by atoms with Gasteiger partial charge in [-0.15, -0.1) is 0 Å². The molecule has 1 aromatic carbocycles. The van der Waals surface area contributed by atoms with E-state index in [-0.39, 0.29) is 5.91 Å². The van der Waals surface area contributed by atoms with E-state index in [1.807, 2.05) is 4.90 Å². The van der Waals surface area contributed by atoms with Crippen LogP contribution in [0.5, 0.6) is 0 Å². The minimum Gasteiger partial charge on any atom is -0.399 e. The summed E-state index contributed by atoms with van der Waals surface area (Å²) in [6.45, 7) is 1.61. The van der Waals surface area contributed by atoms with Crippen molar-refractivity contribution in [3.63, 3.8) is 0 Å². The van der Waals surface area contributed by atoms with Crippen molar-refractivity contribution in [3.8, 4) is 0 Å². The van der Waals surface area contributed by atoms with Crippen LogP contribution < -0.4 is 5.73 Å². The van der Waals surface area contributed by atoms with Crippen molar-refractivity contribution in [2.45, 2.75) is 32.1 Å². The van der Waals surface area contributed by atoms with Crippen LogP contribution in [0.3, 0.4) is 0 Å². The van der Waals surface area contributed by atoms with Crippen LogP contribution in [0.15, 0.2) is 18.2 Å². The summed E-state index contributed by atoms with van der Waals surface area (Å²) in [5.41, 5.74) is 6.30. The van der Waals surface area contributed by atoms with Gasteiger partial charge in [-0.25, -0.2) is 4.39 Å². The molecular formula is C16H21FN2O. The van der Waals surface area contributed by atoms with E-state index in [1.165, 1.54) is 37.8 Å². The fraction of sp³-hybridized carbons (Fsp3) is 0.562. The van der Waals surface area contributed by atoms with Crippen LogP contribution in [0, 0.1) is 17.7 Å². The van der Waals surface area contributed by atoms with Gasteiger partial charge in [0.2, 0.25) is 0 Å². The lowest BCUT2D eigenvalue weighted by Crippen LogP contribution is -2.44. The van der Waals surface area contributed by atoms with Gasteiger partial charge in [-0.05, 0) is 42.9 Å². The average Bonchev–Trinajstić information content (AvgIpc) is 2.45. The molecule has 2 fully saturated rings. The van der Waals surface area contributed by atoms with Crippen molar-refractivity contribution in [2.24, 2.45) is 11.8 Å². The molecule has 1 saturated carbocycles. The van der Waals surface area contributed by atoms with Gasteiger partial charge in [0.05, 0.1) is 0 Å². The summed E-state index contributed by atoms with van der Waals surface area (Å²) < 4.78 is 13.4.